The molecule has 0 saturated carbocycles. The van der Waals surface area contributed by atoms with E-state index in [9.17, 15) is 18.0 Å². The number of alkyl halides is 3. The molecular weight excluding hydrogens is 569 g/mol. The van der Waals surface area contributed by atoms with Gasteiger partial charge in [-0.3, -0.25) is 4.79 Å². The standard InChI is InChI=1S/C34H29F3N4O3/c1-21-10-6-8-14-29(21)43-25-16-24(17-26(18-25)44-30-15-9-7-11-22(30)2)38-33(42)28-20-32-39-27(23-12-4-3-5-13-23)19-31(34(35,36)37)41(32)40-28/h3-18,20,27,31,39H,19H2,1-2H3,(H,38,42)/t27-,31-/m1/s1. The summed E-state index contributed by atoms with van der Waals surface area (Å²) in [5.41, 5.74) is 2.69. The maximum atomic E-state index is 14.2. The Balaban J connectivity index is 1.30. The number of carbonyl (C=O) groups excluding carboxylic acids is 1. The van der Waals surface area contributed by atoms with Crippen LogP contribution in [0, 0.1) is 13.8 Å². The van der Waals surface area contributed by atoms with Crippen LogP contribution in [0.15, 0.2) is 103 Å². The van der Waals surface area contributed by atoms with E-state index in [2.05, 4.69) is 15.7 Å². The number of carbonyl (C=O) groups is 1. The molecule has 0 aliphatic carbocycles. The van der Waals surface area contributed by atoms with Gasteiger partial charge >= 0.3 is 6.18 Å². The van der Waals surface area contributed by atoms with E-state index in [0.717, 1.165) is 15.8 Å². The van der Waals surface area contributed by atoms with Gasteiger partial charge in [0, 0.05) is 36.4 Å². The molecule has 4 aromatic carbocycles. The topological polar surface area (TPSA) is 77.4 Å². The smallest absolute Gasteiger partial charge is 0.410 e. The minimum Gasteiger partial charge on any atom is -0.457 e. The molecule has 2 heterocycles. The van der Waals surface area contributed by atoms with Crippen molar-refractivity contribution in [2.45, 2.75) is 38.5 Å². The Hall–Kier alpha value is -5.25. The number of nitrogens with one attached hydrogen (secondary N) is 2. The largest absolute Gasteiger partial charge is 0.457 e. The Labute approximate surface area is 252 Å². The fourth-order valence-electron chi connectivity index (χ4n) is 5.14. The highest BCUT2D eigenvalue weighted by Crippen LogP contribution is 2.44. The van der Waals surface area contributed by atoms with Crippen molar-refractivity contribution in [1.82, 2.24) is 9.78 Å². The van der Waals surface area contributed by atoms with Crippen LogP contribution in [-0.4, -0.2) is 21.9 Å². The average molecular weight is 599 g/mol. The molecule has 7 nitrogen and oxygen atoms in total. The van der Waals surface area contributed by atoms with E-state index < -0.39 is 24.2 Å². The first kappa shape index (κ1) is 28.9. The molecule has 0 saturated heterocycles. The maximum Gasteiger partial charge on any atom is 0.410 e. The van der Waals surface area contributed by atoms with Crippen molar-refractivity contribution >= 4 is 17.4 Å². The van der Waals surface area contributed by atoms with Crippen molar-refractivity contribution in [2.75, 3.05) is 10.6 Å². The molecule has 0 spiro atoms. The number of amides is 1. The molecule has 224 valence electrons. The van der Waals surface area contributed by atoms with Crippen molar-refractivity contribution < 1.29 is 27.4 Å². The van der Waals surface area contributed by atoms with Gasteiger partial charge < -0.3 is 20.1 Å². The predicted octanol–water partition coefficient (Wildman–Crippen LogP) is 9.00. The van der Waals surface area contributed by atoms with Gasteiger partial charge in [-0.05, 0) is 42.7 Å². The number of aryl methyl sites for hydroxylation is 2. The van der Waals surface area contributed by atoms with Crippen LogP contribution in [0.3, 0.4) is 0 Å². The predicted molar refractivity (Wildman–Crippen MR) is 162 cm³/mol. The third kappa shape index (κ3) is 6.24. The summed E-state index contributed by atoms with van der Waals surface area (Å²) < 4.78 is 55.6. The fourth-order valence-corrected chi connectivity index (χ4v) is 5.14. The van der Waals surface area contributed by atoms with E-state index in [-0.39, 0.29) is 17.9 Å². The Kier molecular flexibility index (Phi) is 7.73. The van der Waals surface area contributed by atoms with E-state index >= 15 is 0 Å². The van der Waals surface area contributed by atoms with Gasteiger partial charge in [-0.15, -0.1) is 0 Å². The number of fused-ring (bicyclic) bond motifs is 1. The highest BCUT2D eigenvalue weighted by molar-refractivity contribution is 6.03. The monoisotopic (exact) mass is 598 g/mol. The highest BCUT2D eigenvalue weighted by Gasteiger charge is 2.46. The lowest BCUT2D eigenvalue weighted by Gasteiger charge is -2.33. The molecule has 0 fully saturated rings. The summed E-state index contributed by atoms with van der Waals surface area (Å²) in [5, 5.41) is 9.97. The van der Waals surface area contributed by atoms with Crippen LogP contribution in [-0.2, 0) is 0 Å². The Bertz CT molecular complexity index is 1740. The summed E-state index contributed by atoms with van der Waals surface area (Å²) in [6, 6.07) is 27.7. The zero-order valence-corrected chi connectivity index (χ0v) is 23.9. The van der Waals surface area contributed by atoms with Crippen LogP contribution in [0.4, 0.5) is 24.7 Å². The third-order valence-corrected chi connectivity index (χ3v) is 7.41. The van der Waals surface area contributed by atoms with Crippen LogP contribution in [0.5, 0.6) is 23.0 Å². The molecule has 0 bridgehead atoms. The molecule has 1 aromatic heterocycles. The van der Waals surface area contributed by atoms with Crippen molar-refractivity contribution in [3.63, 3.8) is 0 Å². The molecule has 2 atom stereocenters. The van der Waals surface area contributed by atoms with E-state index in [1.54, 1.807) is 48.5 Å². The maximum absolute atomic E-state index is 14.2. The first-order chi connectivity index (χ1) is 21.1. The van der Waals surface area contributed by atoms with Crippen LogP contribution in [0.1, 0.15) is 45.7 Å². The highest BCUT2D eigenvalue weighted by atomic mass is 19.4. The lowest BCUT2D eigenvalue weighted by Crippen LogP contribution is -2.35. The SMILES string of the molecule is Cc1ccccc1Oc1cc(NC(=O)c2cc3n(n2)[C@@H](C(F)(F)F)C[C@H](c2ccccc2)N3)cc(Oc2ccccc2C)c1. The number of benzene rings is 4. The molecule has 2 N–H and O–H groups in total. The Morgan fingerprint density at radius 1 is 0.841 bits per heavy atom. The second kappa shape index (κ2) is 11.8. The summed E-state index contributed by atoms with van der Waals surface area (Å²) in [5.74, 6) is 1.47. The molecule has 10 heteroatoms. The molecule has 6 rings (SSSR count). The number of aromatic nitrogens is 2. The normalized spacial score (nSPS) is 16.0. The van der Waals surface area contributed by atoms with Crippen LogP contribution in [0.2, 0.25) is 0 Å². The minimum absolute atomic E-state index is 0.109. The second-order valence-electron chi connectivity index (χ2n) is 10.6. The number of ether oxygens (including phenoxy) is 2. The number of hydrogen-bond acceptors (Lipinski definition) is 5. The number of rotatable bonds is 7. The van der Waals surface area contributed by atoms with Crippen molar-refractivity contribution in [3.8, 4) is 23.0 Å². The van der Waals surface area contributed by atoms with Gasteiger partial charge in [0.2, 0.25) is 0 Å². The molecule has 0 unspecified atom stereocenters. The third-order valence-electron chi connectivity index (χ3n) is 7.41. The van der Waals surface area contributed by atoms with Gasteiger partial charge in [0.25, 0.3) is 5.91 Å². The van der Waals surface area contributed by atoms with Crippen molar-refractivity contribution in [3.05, 3.63) is 126 Å². The Morgan fingerprint density at radius 3 is 1.98 bits per heavy atom. The lowest BCUT2D eigenvalue weighted by molar-refractivity contribution is -0.173. The van der Waals surface area contributed by atoms with Gasteiger partial charge in [-0.25, -0.2) is 4.68 Å². The fraction of sp³-hybridized carbons (Fsp3) is 0.176. The number of anilines is 2. The van der Waals surface area contributed by atoms with Gasteiger partial charge in [0.05, 0.1) is 6.04 Å². The molecule has 44 heavy (non-hydrogen) atoms. The first-order valence-electron chi connectivity index (χ1n) is 14.1. The zero-order valence-electron chi connectivity index (χ0n) is 23.9. The molecule has 1 aliphatic heterocycles. The van der Waals surface area contributed by atoms with Gasteiger partial charge in [-0.2, -0.15) is 18.3 Å². The van der Waals surface area contributed by atoms with Crippen LogP contribution < -0.4 is 20.1 Å². The minimum atomic E-state index is -4.56. The zero-order chi connectivity index (χ0) is 30.8. The molecule has 0 radical (unpaired) electrons. The average Bonchev–Trinajstić information content (AvgIpc) is 3.43. The van der Waals surface area contributed by atoms with Crippen LogP contribution in [0.25, 0.3) is 0 Å². The van der Waals surface area contributed by atoms with Gasteiger partial charge in [0.1, 0.15) is 28.8 Å². The summed E-state index contributed by atoms with van der Waals surface area (Å²) >= 11 is 0. The van der Waals surface area contributed by atoms with Crippen molar-refractivity contribution in [2.24, 2.45) is 0 Å². The second-order valence-corrected chi connectivity index (χ2v) is 10.6. The molecule has 1 aliphatic rings. The summed E-state index contributed by atoms with van der Waals surface area (Å²) in [6.45, 7) is 3.83. The van der Waals surface area contributed by atoms with Crippen molar-refractivity contribution in [1.29, 1.82) is 0 Å². The molecule has 5 aromatic rings. The lowest BCUT2D eigenvalue weighted by atomic mass is 9.97. The summed E-state index contributed by atoms with van der Waals surface area (Å²) in [4.78, 5) is 13.4. The molecular formula is C34H29F3N4O3. The van der Waals surface area contributed by atoms with E-state index in [1.165, 1.54) is 6.07 Å². The summed E-state index contributed by atoms with van der Waals surface area (Å²) in [6.07, 6.45) is -4.83. The number of para-hydroxylation sites is 2. The quantitative estimate of drug-likeness (QED) is 0.196. The number of halogens is 3. The van der Waals surface area contributed by atoms with E-state index in [1.807, 2.05) is 62.4 Å². The number of hydrogen-bond donors (Lipinski definition) is 2. The first-order valence-corrected chi connectivity index (χ1v) is 14.1. The molecule has 1 amide bonds. The van der Waals surface area contributed by atoms with E-state index in [0.29, 0.717) is 34.2 Å². The Morgan fingerprint density at radius 2 is 1.41 bits per heavy atom. The summed E-state index contributed by atoms with van der Waals surface area (Å²) in [7, 11) is 0. The van der Waals surface area contributed by atoms with Gasteiger partial charge in [0.15, 0.2) is 11.7 Å². The van der Waals surface area contributed by atoms with Crippen LogP contribution >= 0.6 is 0 Å². The number of nitrogens with zero attached hydrogens (tertiary/aromatic N) is 2. The van der Waals surface area contributed by atoms with E-state index in [4.69, 9.17) is 9.47 Å². The van der Waals surface area contributed by atoms with Gasteiger partial charge in [-0.1, -0.05) is 66.7 Å².